The zero-order valence-corrected chi connectivity index (χ0v) is 12.1. The lowest BCUT2D eigenvalue weighted by Gasteiger charge is -2.41. The molecular weight excluding hydrogens is 302 g/mol. The van der Waals surface area contributed by atoms with E-state index in [1.807, 2.05) is 25.1 Å². The Labute approximate surface area is 115 Å². The molecule has 0 atom stereocenters. The number of aryl methyl sites for hydroxylation is 1. The second-order valence-corrected chi connectivity index (χ2v) is 5.81. The maximum atomic E-state index is 12.1. The summed E-state index contributed by atoms with van der Waals surface area (Å²) < 4.78 is 1.02. The Morgan fingerprint density at radius 1 is 1.53 bits per heavy atom. The summed E-state index contributed by atoms with van der Waals surface area (Å²) >= 11 is 9.35. The van der Waals surface area contributed by atoms with Gasteiger partial charge in [0.05, 0.1) is 5.54 Å². The zero-order chi connectivity index (χ0) is 12.5. The van der Waals surface area contributed by atoms with Crippen LogP contribution < -0.4 is 5.32 Å². The number of nitrogens with one attached hydrogen (secondary N) is 1. The molecule has 1 aromatic rings. The lowest BCUT2D eigenvalue weighted by molar-refractivity contribution is 0.0853. The van der Waals surface area contributed by atoms with Gasteiger partial charge in [-0.25, -0.2) is 0 Å². The van der Waals surface area contributed by atoms with Gasteiger partial charge in [-0.15, -0.1) is 11.6 Å². The van der Waals surface area contributed by atoms with Gasteiger partial charge in [0.15, 0.2) is 0 Å². The van der Waals surface area contributed by atoms with Gasteiger partial charge in [-0.1, -0.05) is 15.9 Å². The molecule has 0 aromatic heterocycles. The summed E-state index contributed by atoms with van der Waals surface area (Å²) in [5, 5.41) is 3.06. The average molecular weight is 317 g/mol. The molecule has 0 heterocycles. The maximum absolute atomic E-state index is 12.1. The van der Waals surface area contributed by atoms with Gasteiger partial charge in [-0.3, -0.25) is 4.79 Å². The van der Waals surface area contributed by atoms with Crippen LogP contribution in [0.25, 0.3) is 0 Å². The quantitative estimate of drug-likeness (QED) is 0.847. The summed E-state index contributed by atoms with van der Waals surface area (Å²) in [7, 11) is 0. The van der Waals surface area contributed by atoms with E-state index < -0.39 is 0 Å². The highest BCUT2D eigenvalue weighted by molar-refractivity contribution is 9.10. The van der Waals surface area contributed by atoms with Crippen LogP contribution in [-0.2, 0) is 0 Å². The van der Waals surface area contributed by atoms with Crippen LogP contribution in [0.2, 0.25) is 0 Å². The minimum atomic E-state index is -0.167. The summed E-state index contributed by atoms with van der Waals surface area (Å²) in [6.07, 6.45) is 3.11. The first-order valence-electron chi connectivity index (χ1n) is 5.71. The first-order chi connectivity index (χ1) is 8.06. The van der Waals surface area contributed by atoms with Crippen LogP contribution in [0.5, 0.6) is 0 Å². The number of halogens is 2. The monoisotopic (exact) mass is 315 g/mol. The number of amides is 1. The Kier molecular flexibility index (Phi) is 3.79. The Bertz CT molecular complexity index is 438. The van der Waals surface area contributed by atoms with Gasteiger partial charge in [-0.2, -0.15) is 0 Å². The number of hydrogen-bond donors (Lipinski definition) is 1. The van der Waals surface area contributed by atoms with Crippen molar-refractivity contribution in [2.24, 2.45) is 0 Å². The van der Waals surface area contributed by atoms with E-state index >= 15 is 0 Å². The molecule has 1 amide bonds. The molecular formula is C13H15BrClNO. The van der Waals surface area contributed by atoms with Gasteiger partial charge < -0.3 is 5.32 Å². The molecule has 0 bridgehead atoms. The molecule has 0 saturated heterocycles. The largest absolute Gasteiger partial charge is 0.345 e. The van der Waals surface area contributed by atoms with E-state index in [0.29, 0.717) is 11.4 Å². The van der Waals surface area contributed by atoms with Crippen molar-refractivity contribution in [2.45, 2.75) is 31.7 Å². The fourth-order valence-electron chi connectivity index (χ4n) is 1.99. The molecule has 1 fully saturated rings. The fourth-order valence-corrected chi connectivity index (χ4v) is 2.58. The fraction of sp³-hybridized carbons (Fsp3) is 0.462. The predicted octanol–water partition coefficient (Wildman–Crippen LogP) is 3.65. The van der Waals surface area contributed by atoms with Crippen molar-refractivity contribution in [2.75, 3.05) is 5.88 Å². The lowest BCUT2D eigenvalue weighted by atomic mass is 9.78. The first-order valence-corrected chi connectivity index (χ1v) is 7.04. The van der Waals surface area contributed by atoms with Crippen molar-refractivity contribution in [3.8, 4) is 0 Å². The molecule has 4 heteroatoms. The van der Waals surface area contributed by atoms with Gasteiger partial charge in [0.2, 0.25) is 0 Å². The summed E-state index contributed by atoms with van der Waals surface area (Å²) in [5.74, 6) is 0.467. The van der Waals surface area contributed by atoms with Crippen molar-refractivity contribution >= 4 is 33.4 Å². The second kappa shape index (κ2) is 4.99. The molecule has 2 rings (SSSR count). The molecule has 0 aliphatic heterocycles. The smallest absolute Gasteiger partial charge is 0.251 e. The Morgan fingerprint density at radius 3 is 2.71 bits per heavy atom. The van der Waals surface area contributed by atoms with Crippen LogP contribution in [-0.4, -0.2) is 17.3 Å². The molecule has 1 N–H and O–H groups in total. The number of carbonyl (C=O) groups is 1. The van der Waals surface area contributed by atoms with E-state index in [4.69, 9.17) is 11.6 Å². The Hall–Kier alpha value is -0.540. The van der Waals surface area contributed by atoms with Gasteiger partial charge in [0, 0.05) is 15.9 Å². The summed E-state index contributed by atoms with van der Waals surface area (Å²) in [6, 6.07) is 5.62. The standard InChI is InChI=1S/C13H15BrClNO/c1-9-7-10(3-4-11(9)14)12(17)16-13(8-15)5-2-6-13/h3-4,7H,2,5-6,8H2,1H3,(H,16,17). The number of carbonyl (C=O) groups excluding carboxylic acids is 1. The maximum Gasteiger partial charge on any atom is 0.251 e. The third kappa shape index (κ3) is 2.66. The minimum Gasteiger partial charge on any atom is -0.345 e. The summed E-state index contributed by atoms with van der Waals surface area (Å²) in [5.41, 5.74) is 1.59. The van der Waals surface area contributed by atoms with Gasteiger partial charge in [-0.05, 0) is 49.9 Å². The minimum absolute atomic E-state index is 0.0269. The second-order valence-electron chi connectivity index (χ2n) is 4.69. The molecule has 1 aromatic carbocycles. The van der Waals surface area contributed by atoms with E-state index in [-0.39, 0.29) is 11.4 Å². The van der Waals surface area contributed by atoms with E-state index in [9.17, 15) is 4.79 Å². The third-order valence-corrected chi connectivity index (χ3v) is 4.77. The number of alkyl halides is 1. The molecule has 2 nitrogen and oxygen atoms in total. The van der Waals surface area contributed by atoms with Crippen molar-refractivity contribution in [3.63, 3.8) is 0 Å². The van der Waals surface area contributed by atoms with Crippen LogP contribution in [0.4, 0.5) is 0 Å². The van der Waals surface area contributed by atoms with E-state index in [1.165, 1.54) is 0 Å². The highest BCUT2D eigenvalue weighted by Crippen LogP contribution is 2.33. The predicted molar refractivity (Wildman–Crippen MR) is 73.6 cm³/mol. The summed E-state index contributed by atoms with van der Waals surface area (Å²) in [6.45, 7) is 1.97. The van der Waals surface area contributed by atoms with Crippen molar-refractivity contribution in [1.82, 2.24) is 5.32 Å². The van der Waals surface area contributed by atoms with Crippen molar-refractivity contribution in [3.05, 3.63) is 33.8 Å². The average Bonchev–Trinajstić information content (AvgIpc) is 2.27. The molecule has 92 valence electrons. The molecule has 0 spiro atoms. The molecule has 1 saturated carbocycles. The SMILES string of the molecule is Cc1cc(C(=O)NC2(CCl)CCC2)ccc1Br. The normalized spacial score (nSPS) is 17.4. The van der Waals surface area contributed by atoms with Crippen LogP contribution >= 0.6 is 27.5 Å². The van der Waals surface area contributed by atoms with Crippen LogP contribution in [0.3, 0.4) is 0 Å². The van der Waals surface area contributed by atoms with Crippen molar-refractivity contribution < 1.29 is 4.79 Å². The molecule has 0 radical (unpaired) electrons. The topological polar surface area (TPSA) is 29.1 Å². The summed E-state index contributed by atoms with van der Waals surface area (Å²) in [4.78, 5) is 12.1. The third-order valence-electron chi connectivity index (χ3n) is 3.37. The van der Waals surface area contributed by atoms with Gasteiger partial charge in [0.1, 0.15) is 0 Å². The van der Waals surface area contributed by atoms with E-state index in [2.05, 4.69) is 21.2 Å². The number of hydrogen-bond acceptors (Lipinski definition) is 1. The van der Waals surface area contributed by atoms with Crippen LogP contribution in [0.1, 0.15) is 35.2 Å². The first kappa shape index (κ1) is 12.9. The zero-order valence-electron chi connectivity index (χ0n) is 9.72. The molecule has 1 aliphatic carbocycles. The molecule has 1 aliphatic rings. The number of rotatable bonds is 3. The van der Waals surface area contributed by atoms with Gasteiger partial charge >= 0.3 is 0 Å². The highest BCUT2D eigenvalue weighted by atomic mass is 79.9. The number of benzene rings is 1. The Morgan fingerprint density at radius 2 is 2.24 bits per heavy atom. The van der Waals surface area contributed by atoms with Gasteiger partial charge in [0.25, 0.3) is 5.91 Å². The molecule has 0 unspecified atom stereocenters. The molecule has 17 heavy (non-hydrogen) atoms. The van der Waals surface area contributed by atoms with Crippen LogP contribution in [0.15, 0.2) is 22.7 Å². The van der Waals surface area contributed by atoms with Crippen LogP contribution in [0, 0.1) is 6.92 Å². The van der Waals surface area contributed by atoms with E-state index in [1.54, 1.807) is 0 Å². The van der Waals surface area contributed by atoms with Crippen molar-refractivity contribution in [1.29, 1.82) is 0 Å². The lowest BCUT2D eigenvalue weighted by Crippen LogP contribution is -2.55. The van der Waals surface area contributed by atoms with E-state index in [0.717, 1.165) is 29.3 Å². The highest BCUT2D eigenvalue weighted by Gasteiger charge is 2.37. The Balaban J connectivity index is 2.11.